The van der Waals surface area contributed by atoms with E-state index in [0.29, 0.717) is 5.89 Å². The maximum atomic E-state index is 6.09. The van der Waals surface area contributed by atoms with Gasteiger partial charge in [0.25, 0.3) is 0 Å². The van der Waals surface area contributed by atoms with Crippen LogP contribution in [0.4, 0.5) is 17.1 Å². The van der Waals surface area contributed by atoms with E-state index in [4.69, 9.17) is 9.40 Å². The van der Waals surface area contributed by atoms with Crippen molar-refractivity contribution in [1.82, 2.24) is 4.98 Å². The SMILES string of the molecule is c1ccc(-c2ccccc2-c2ccc(N(c3ccc(-c4ccccc4-c4ccccc4)cc3)c3ccc(-c4ccccc4-c4ccccc4-c4ccc(-c5nc6ccccc6o5)cc4)cc3)cc2)cc1. The van der Waals surface area contributed by atoms with Crippen molar-refractivity contribution < 1.29 is 4.42 Å². The van der Waals surface area contributed by atoms with Gasteiger partial charge in [0.1, 0.15) is 5.52 Å². The smallest absolute Gasteiger partial charge is 0.227 e. The summed E-state index contributed by atoms with van der Waals surface area (Å²) in [7, 11) is 0. The average molecular weight is 895 g/mol. The number of hydrogen-bond acceptors (Lipinski definition) is 3. The van der Waals surface area contributed by atoms with Gasteiger partial charge in [0.2, 0.25) is 5.89 Å². The Balaban J connectivity index is 0.898. The highest BCUT2D eigenvalue weighted by Gasteiger charge is 2.18. The van der Waals surface area contributed by atoms with Crippen molar-refractivity contribution in [3.63, 3.8) is 0 Å². The number of aromatic nitrogens is 1. The number of para-hydroxylation sites is 2. The molecule has 0 unspecified atom stereocenters. The van der Waals surface area contributed by atoms with Crippen molar-refractivity contribution in [2.24, 2.45) is 0 Å². The highest BCUT2D eigenvalue weighted by atomic mass is 16.3. The molecule has 0 aliphatic carbocycles. The lowest BCUT2D eigenvalue weighted by Gasteiger charge is -2.26. The van der Waals surface area contributed by atoms with E-state index in [1.165, 1.54) is 61.2 Å². The largest absolute Gasteiger partial charge is 0.436 e. The van der Waals surface area contributed by atoms with E-state index < -0.39 is 0 Å². The van der Waals surface area contributed by atoms with Crippen LogP contribution in [0, 0.1) is 0 Å². The first-order valence-electron chi connectivity index (χ1n) is 23.8. The predicted molar refractivity (Wildman–Crippen MR) is 292 cm³/mol. The third-order valence-electron chi connectivity index (χ3n) is 13.2. The monoisotopic (exact) mass is 894 g/mol. The number of fused-ring (bicyclic) bond motifs is 1. The predicted octanol–water partition coefficient (Wildman–Crippen LogP) is 18.6. The van der Waals surface area contributed by atoms with Gasteiger partial charge >= 0.3 is 0 Å². The molecule has 0 aliphatic rings. The fourth-order valence-electron chi connectivity index (χ4n) is 9.75. The number of oxazole rings is 1. The summed E-state index contributed by atoms with van der Waals surface area (Å²) in [6.45, 7) is 0. The molecule has 0 N–H and O–H groups in total. The third-order valence-corrected chi connectivity index (χ3v) is 13.2. The van der Waals surface area contributed by atoms with E-state index in [1.54, 1.807) is 0 Å². The van der Waals surface area contributed by atoms with Gasteiger partial charge in [-0.3, -0.25) is 0 Å². The molecular weight excluding hydrogens is 849 g/mol. The molecule has 1 aromatic heterocycles. The lowest BCUT2D eigenvalue weighted by atomic mass is 9.89. The Morgan fingerprint density at radius 3 is 0.871 bits per heavy atom. The van der Waals surface area contributed by atoms with Crippen LogP contribution in [0.25, 0.3) is 100 Å². The van der Waals surface area contributed by atoms with E-state index in [-0.39, 0.29) is 0 Å². The molecule has 3 nitrogen and oxygen atoms in total. The molecule has 0 bridgehead atoms. The molecule has 12 rings (SSSR count). The Morgan fingerprint density at radius 2 is 0.500 bits per heavy atom. The zero-order valence-corrected chi connectivity index (χ0v) is 38.4. The molecule has 0 atom stereocenters. The van der Waals surface area contributed by atoms with Crippen molar-refractivity contribution in [1.29, 1.82) is 0 Å². The Kier molecular flexibility index (Phi) is 11.3. The van der Waals surface area contributed by atoms with Gasteiger partial charge in [-0.25, -0.2) is 4.98 Å². The number of anilines is 3. The fourth-order valence-corrected chi connectivity index (χ4v) is 9.75. The normalized spacial score (nSPS) is 11.1. The summed E-state index contributed by atoms with van der Waals surface area (Å²) in [5.74, 6) is 0.622. The number of benzene rings is 11. The van der Waals surface area contributed by atoms with Gasteiger partial charge in [0, 0.05) is 22.6 Å². The zero-order chi connectivity index (χ0) is 46.6. The van der Waals surface area contributed by atoms with Crippen LogP contribution in [0.5, 0.6) is 0 Å². The van der Waals surface area contributed by atoms with Crippen LogP contribution >= 0.6 is 0 Å². The van der Waals surface area contributed by atoms with Crippen molar-refractivity contribution in [2.75, 3.05) is 4.90 Å². The molecule has 3 heteroatoms. The van der Waals surface area contributed by atoms with Crippen LogP contribution < -0.4 is 4.90 Å². The van der Waals surface area contributed by atoms with Crippen LogP contribution in [0.15, 0.2) is 283 Å². The molecule has 330 valence electrons. The van der Waals surface area contributed by atoms with Crippen molar-refractivity contribution >= 4 is 28.2 Å². The van der Waals surface area contributed by atoms with Crippen LogP contribution in [-0.2, 0) is 0 Å². The first-order valence-corrected chi connectivity index (χ1v) is 23.8. The van der Waals surface area contributed by atoms with Crippen LogP contribution in [-0.4, -0.2) is 4.98 Å². The molecular formula is C67H46N2O. The van der Waals surface area contributed by atoms with Gasteiger partial charge in [0.15, 0.2) is 5.58 Å². The lowest BCUT2D eigenvalue weighted by molar-refractivity contribution is 0.620. The molecule has 0 fully saturated rings. The van der Waals surface area contributed by atoms with Crippen LogP contribution in [0.3, 0.4) is 0 Å². The highest BCUT2D eigenvalue weighted by molar-refractivity contribution is 5.93. The Morgan fingerprint density at radius 1 is 0.229 bits per heavy atom. The van der Waals surface area contributed by atoms with E-state index >= 15 is 0 Å². The van der Waals surface area contributed by atoms with Crippen LogP contribution in [0.2, 0.25) is 0 Å². The van der Waals surface area contributed by atoms with E-state index in [2.05, 4.69) is 260 Å². The molecule has 0 aliphatic heterocycles. The number of rotatable bonds is 11. The molecule has 12 aromatic rings. The third kappa shape index (κ3) is 8.27. The summed E-state index contributed by atoms with van der Waals surface area (Å²) in [5, 5.41) is 0. The van der Waals surface area contributed by atoms with E-state index in [1.807, 2.05) is 24.3 Å². The standard InChI is InChI=1S/C67H46N2O/c1-3-17-47(18-4-1)57-21-7-9-23-59(57)50-35-41-54(42-36-50)69(55-43-37-51(38-44-55)60-24-10-8-22-58(60)48-19-5-2-6-20-48)56-45-39-52(40-46-56)62-26-12-14-28-64(62)63-27-13-11-25-61(63)49-31-33-53(34-32-49)67-68-65-29-15-16-30-66(65)70-67/h1-46H. The summed E-state index contributed by atoms with van der Waals surface area (Å²) in [6, 6.07) is 99.4. The summed E-state index contributed by atoms with van der Waals surface area (Å²) >= 11 is 0. The van der Waals surface area contributed by atoms with Gasteiger partial charge in [-0.2, -0.15) is 0 Å². The van der Waals surface area contributed by atoms with Gasteiger partial charge in [0.05, 0.1) is 0 Å². The molecule has 11 aromatic carbocycles. The summed E-state index contributed by atoms with van der Waals surface area (Å²) < 4.78 is 6.09. The minimum Gasteiger partial charge on any atom is -0.436 e. The molecule has 1 heterocycles. The van der Waals surface area contributed by atoms with Gasteiger partial charge in [-0.15, -0.1) is 0 Å². The maximum Gasteiger partial charge on any atom is 0.227 e. The lowest BCUT2D eigenvalue weighted by Crippen LogP contribution is -2.09. The molecule has 0 saturated carbocycles. The first-order chi connectivity index (χ1) is 34.7. The molecule has 0 radical (unpaired) electrons. The maximum absolute atomic E-state index is 6.09. The Bertz CT molecular complexity index is 3570. The van der Waals surface area contributed by atoms with Gasteiger partial charge in [-0.05, 0) is 139 Å². The topological polar surface area (TPSA) is 29.3 Å². The van der Waals surface area contributed by atoms with Gasteiger partial charge in [-0.1, -0.05) is 218 Å². The molecule has 0 amide bonds. The molecule has 70 heavy (non-hydrogen) atoms. The summed E-state index contributed by atoms with van der Waals surface area (Å²) in [6.07, 6.45) is 0. The Labute approximate surface area is 408 Å². The second-order valence-electron chi connectivity index (χ2n) is 17.5. The van der Waals surface area contributed by atoms with Crippen molar-refractivity contribution in [3.05, 3.63) is 279 Å². The first kappa shape index (κ1) is 42.1. The average Bonchev–Trinajstić information content (AvgIpc) is 3.89. The number of hydrogen-bond donors (Lipinski definition) is 0. The zero-order valence-electron chi connectivity index (χ0n) is 38.4. The summed E-state index contributed by atoms with van der Waals surface area (Å²) in [5.41, 5.74) is 22.3. The molecule has 0 spiro atoms. The minimum absolute atomic E-state index is 0.622. The van der Waals surface area contributed by atoms with Gasteiger partial charge < -0.3 is 9.32 Å². The van der Waals surface area contributed by atoms with E-state index in [0.717, 1.165) is 50.4 Å². The summed E-state index contributed by atoms with van der Waals surface area (Å²) in [4.78, 5) is 7.09. The second kappa shape index (κ2) is 18.8. The fraction of sp³-hybridized carbons (Fsp3) is 0. The highest BCUT2D eigenvalue weighted by Crippen LogP contribution is 2.43. The second-order valence-corrected chi connectivity index (χ2v) is 17.5. The van der Waals surface area contributed by atoms with E-state index in [9.17, 15) is 0 Å². The minimum atomic E-state index is 0.622. The van der Waals surface area contributed by atoms with Crippen molar-refractivity contribution in [2.45, 2.75) is 0 Å². The Hall–Kier alpha value is -9.31. The molecule has 0 saturated heterocycles. The quantitative estimate of drug-likeness (QED) is 0.130. The van der Waals surface area contributed by atoms with Crippen LogP contribution in [0.1, 0.15) is 0 Å². The number of nitrogens with zero attached hydrogens (tertiary/aromatic N) is 2. The van der Waals surface area contributed by atoms with Crippen molar-refractivity contribution in [3.8, 4) is 89.3 Å².